The summed E-state index contributed by atoms with van der Waals surface area (Å²) in [5.74, 6) is -0.00583. The van der Waals surface area contributed by atoms with Crippen molar-refractivity contribution in [2.45, 2.75) is 6.92 Å². The molecule has 11 heavy (non-hydrogen) atoms. The Kier molecular flexibility index (Phi) is 5.11. The van der Waals surface area contributed by atoms with Gasteiger partial charge in [-0.25, -0.2) is 4.98 Å². The molecule has 0 aliphatic rings. The number of carbonyl (C=O) groups excluding carboxylic acids is 1. The zero-order valence-corrected chi connectivity index (χ0v) is 8.57. The minimum atomic E-state index is -0.348. The van der Waals surface area contributed by atoms with E-state index in [1.807, 2.05) is 0 Å². The van der Waals surface area contributed by atoms with E-state index in [-0.39, 0.29) is 35.5 Å². The molecule has 0 spiro atoms. The Hall–Kier alpha value is -0.380. The fraction of sp³-hybridized carbons (Fsp3) is 0.143. The number of pyridine rings is 1. The van der Waals surface area contributed by atoms with Gasteiger partial charge in [-0.05, 0) is 6.07 Å². The van der Waals surface area contributed by atoms with Crippen LogP contribution in [0.1, 0.15) is 6.92 Å². The van der Waals surface area contributed by atoms with Crippen LogP contribution in [0.4, 0.5) is 0 Å². The molecule has 0 unspecified atom stereocenters. The van der Waals surface area contributed by atoms with Crippen LogP contribution >= 0.6 is 0 Å². The SMILES string of the molecule is CC(=O)Oc1ccccn1.[Na]. The predicted octanol–water partition coefficient (Wildman–Crippen LogP) is 0.626. The number of ether oxygens (including phenoxy) is 1. The van der Waals surface area contributed by atoms with Crippen molar-refractivity contribution in [2.75, 3.05) is 0 Å². The summed E-state index contributed by atoms with van der Waals surface area (Å²) in [6.07, 6.45) is 1.57. The third-order valence-electron chi connectivity index (χ3n) is 0.886. The Morgan fingerprint density at radius 2 is 2.27 bits per heavy atom. The van der Waals surface area contributed by atoms with E-state index >= 15 is 0 Å². The first-order chi connectivity index (χ1) is 4.79. The van der Waals surface area contributed by atoms with Gasteiger partial charge in [0, 0.05) is 48.7 Å². The fourth-order valence-electron chi connectivity index (χ4n) is 0.555. The monoisotopic (exact) mass is 160 g/mol. The summed E-state index contributed by atoms with van der Waals surface area (Å²) in [4.78, 5) is 14.1. The van der Waals surface area contributed by atoms with Crippen LogP contribution < -0.4 is 4.74 Å². The maximum Gasteiger partial charge on any atom is 0.309 e. The second-order valence-electron chi connectivity index (χ2n) is 1.76. The number of hydrogen-bond acceptors (Lipinski definition) is 3. The van der Waals surface area contributed by atoms with Gasteiger partial charge in [-0.2, -0.15) is 0 Å². The van der Waals surface area contributed by atoms with E-state index in [1.165, 1.54) is 6.92 Å². The van der Waals surface area contributed by atoms with Crippen molar-refractivity contribution in [3.05, 3.63) is 24.4 Å². The van der Waals surface area contributed by atoms with Crippen molar-refractivity contribution < 1.29 is 9.53 Å². The molecule has 1 aromatic rings. The largest absolute Gasteiger partial charge is 0.408 e. The minimum Gasteiger partial charge on any atom is -0.408 e. The summed E-state index contributed by atoms with van der Waals surface area (Å²) in [7, 11) is 0. The molecule has 0 aromatic carbocycles. The molecule has 0 saturated carbocycles. The summed E-state index contributed by atoms with van der Waals surface area (Å²) in [5, 5.41) is 0. The maximum absolute atomic E-state index is 10.4. The van der Waals surface area contributed by atoms with Gasteiger partial charge >= 0.3 is 5.97 Å². The van der Waals surface area contributed by atoms with Gasteiger partial charge in [0.1, 0.15) is 0 Å². The average Bonchev–Trinajstić information content (AvgIpc) is 1.88. The standard InChI is InChI=1S/C7H7NO2.Na/c1-6(9)10-7-4-2-3-5-8-7;/h2-5H,1H3;. The molecular weight excluding hydrogens is 153 g/mol. The third-order valence-corrected chi connectivity index (χ3v) is 0.886. The van der Waals surface area contributed by atoms with Gasteiger partial charge in [0.15, 0.2) is 0 Å². The zero-order chi connectivity index (χ0) is 7.40. The van der Waals surface area contributed by atoms with E-state index < -0.39 is 0 Å². The molecule has 0 fully saturated rings. The van der Waals surface area contributed by atoms with Gasteiger partial charge in [0.2, 0.25) is 5.88 Å². The summed E-state index contributed by atoms with van der Waals surface area (Å²) in [6, 6.07) is 5.14. The van der Waals surface area contributed by atoms with E-state index in [0.29, 0.717) is 5.88 Å². The van der Waals surface area contributed by atoms with Crippen molar-refractivity contribution in [3.8, 4) is 5.88 Å². The number of esters is 1. The van der Waals surface area contributed by atoms with Crippen LogP contribution in [0.2, 0.25) is 0 Å². The molecule has 0 N–H and O–H groups in total. The van der Waals surface area contributed by atoms with Gasteiger partial charge < -0.3 is 4.74 Å². The molecule has 0 saturated heterocycles. The van der Waals surface area contributed by atoms with Crippen molar-refractivity contribution >= 4 is 35.5 Å². The van der Waals surface area contributed by atoms with Crippen LogP contribution in [0, 0.1) is 0 Å². The van der Waals surface area contributed by atoms with Crippen LogP contribution in [0.15, 0.2) is 24.4 Å². The van der Waals surface area contributed by atoms with Gasteiger partial charge in [0.05, 0.1) is 0 Å². The van der Waals surface area contributed by atoms with Gasteiger partial charge in [-0.1, -0.05) is 6.07 Å². The quantitative estimate of drug-likeness (QED) is 0.446. The van der Waals surface area contributed by atoms with E-state index in [1.54, 1.807) is 24.4 Å². The van der Waals surface area contributed by atoms with E-state index in [9.17, 15) is 4.79 Å². The summed E-state index contributed by atoms with van der Waals surface area (Å²) >= 11 is 0. The molecule has 0 aliphatic carbocycles. The third kappa shape index (κ3) is 4.14. The van der Waals surface area contributed by atoms with Crippen LogP contribution in [0.3, 0.4) is 0 Å². The molecule has 3 nitrogen and oxygen atoms in total. The Bertz CT molecular complexity index is 225. The molecule has 1 rings (SSSR count). The van der Waals surface area contributed by atoms with Crippen LogP contribution in [-0.4, -0.2) is 40.5 Å². The van der Waals surface area contributed by atoms with Gasteiger partial charge in [-0.3, -0.25) is 4.79 Å². The summed E-state index contributed by atoms with van der Waals surface area (Å²) in [5.41, 5.74) is 0. The molecule has 1 aromatic heterocycles. The average molecular weight is 160 g/mol. The Morgan fingerprint density at radius 3 is 2.73 bits per heavy atom. The normalized spacial score (nSPS) is 8.09. The minimum absolute atomic E-state index is 0. The molecule has 0 atom stereocenters. The molecule has 0 amide bonds. The van der Waals surface area contributed by atoms with Gasteiger partial charge in [0.25, 0.3) is 0 Å². The first-order valence-corrected chi connectivity index (χ1v) is 2.88. The topological polar surface area (TPSA) is 39.2 Å². The molecule has 53 valence electrons. The maximum atomic E-state index is 10.4. The molecule has 1 heterocycles. The van der Waals surface area contributed by atoms with E-state index in [2.05, 4.69) is 9.72 Å². The smallest absolute Gasteiger partial charge is 0.309 e. The molecule has 0 aliphatic heterocycles. The second kappa shape index (κ2) is 5.29. The van der Waals surface area contributed by atoms with E-state index in [0.717, 1.165) is 0 Å². The number of nitrogens with zero attached hydrogens (tertiary/aromatic N) is 1. The van der Waals surface area contributed by atoms with E-state index in [4.69, 9.17) is 0 Å². The molecule has 4 heteroatoms. The van der Waals surface area contributed by atoms with Crippen LogP contribution in [-0.2, 0) is 4.79 Å². The first-order valence-electron chi connectivity index (χ1n) is 2.88. The Labute approximate surface area is 87.1 Å². The molecular formula is C7H7NNaO2. The Morgan fingerprint density at radius 1 is 1.55 bits per heavy atom. The molecule has 0 bridgehead atoms. The van der Waals surface area contributed by atoms with Crippen molar-refractivity contribution in [3.63, 3.8) is 0 Å². The first kappa shape index (κ1) is 10.6. The number of hydrogen-bond donors (Lipinski definition) is 0. The number of carbonyl (C=O) groups is 1. The number of aromatic nitrogens is 1. The zero-order valence-electron chi connectivity index (χ0n) is 6.57. The predicted molar refractivity (Wildman–Crippen MR) is 41.3 cm³/mol. The fourth-order valence-corrected chi connectivity index (χ4v) is 0.555. The summed E-state index contributed by atoms with van der Waals surface area (Å²) < 4.78 is 4.66. The van der Waals surface area contributed by atoms with Gasteiger partial charge in [-0.15, -0.1) is 0 Å². The Balaban J connectivity index is 0.000001000. The van der Waals surface area contributed by atoms with Crippen LogP contribution in [0.25, 0.3) is 0 Å². The van der Waals surface area contributed by atoms with Crippen molar-refractivity contribution in [2.24, 2.45) is 0 Å². The second-order valence-corrected chi connectivity index (χ2v) is 1.76. The van der Waals surface area contributed by atoms with Crippen LogP contribution in [0.5, 0.6) is 5.88 Å². The van der Waals surface area contributed by atoms with Crippen molar-refractivity contribution in [1.29, 1.82) is 0 Å². The van der Waals surface area contributed by atoms with Crippen molar-refractivity contribution in [1.82, 2.24) is 4.98 Å². The summed E-state index contributed by atoms with van der Waals surface area (Å²) in [6.45, 7) is 1.34. The number of rotatable bonds is 1. The molecule has 1 radical (unpaired) electrons.